The Hall–Kier alpha value is -1.85. The van der Waals surface area contributed by atoms with Gasteiger partial charge >= 0.3 is 0 Å². The summed E-state index contributed by atoms with van der Waals surface area (Å²) in [6.07, 6.45) is 1.09. The molecule has 0 saturated heterocycles. The van der Waals surface area contributed by atoms with Gasteiger partial charge in [-0.05, 0) is 26.0 Å². The van der Waals surface area contributed by atoms with Crippen LogP contribution in [0, 0.1) is 6.92 Å². The number of nitrogens with one attached hydrogen (secondary N) is 1. The average Bonchev–Trinajstić information content (AvgIpc) is 2.90. The van der Waals surface area contributed by atoms with Gasteiger partial charge in [-0.1, -0.05) is 18.2 Å². The predicted octanol–water partition coefficient (Wildman–Crippen LogP) is 2.07. The Labute approximate surface area is 118 Å². The topological polar surface area (TPSA) is 67.5 Å². The fraction of sp³-hybridized carbons (Fsp3) is 0.400. The minimum Gasteiger partial charge on any atom is -0.491 e. The van der Waals surface area contributed by atoms with Crippen LogP contribution in [0.15, 0.2) is 40.9 Å². The first kappa shape index (κ1) is 14.6. The minimum absolute atomic E-state index is 0.0462. The number of benzene rings is 1. The van der Waals surface area contributed by atoms with Crippen LogP contribution in [0.4, 0.5) is 0 Å². The van der Waals surface area contributed by atoms with Crippen molar-refractivity contribution >= 4 is 0 Å². The first-order valence-electron chi connectivity index (χ1n) is 6.67. The third-order valence-electron chi connectivity index (χ3n) is 2.85. The first-order chi connectivity index (χ1) is 9.65. The van der Waals surface area contributed by atoms with Crippen molar-refractivity contribution in [2.45, 2.75) is 26.0 Å². The van der Waals surface area contributed by atoms with E-state index in [2.05, 4.69) is 10.3 Å². The van der Waals surface area contributed by atoms with E-state index in [1.807, 2.05) is 44.2 Å². The molecule has 0 saturated carbocycles. The average molecular weight is 276 g/mol. The molecule has 0 aliphatic rings. The second-order valence-corrected chi connectivity index (χ2v) is 4.72. The van der Waals surface area contributed by atoms with Gasteiger partial charge in [0.15, 0.2) is 0 Å². The number of hydrogen-bond donors (Lipinski definition) is 2. The summed E-state index contributed by atoms with van der Waals surface area (Å²) in [6.45, 7) is 4.45. The highest BCUT2D eigenvalue weighted by molar-refractivity contribution is 5.20. The molecular formula is C15H20N2O3. The smallest absolute Gasteiger partial charge is 0.211 e. The maximum absolute atomic E-state index is 9.87. The summed E-state index contributed by atoms with van der Waals surface area (Å²) in [5.41, 5.74) is 0. The van der Waals surface area contributed by atoms with Crippen LogP contribution >= 0.6 is 0 Å². The minimum atomic E-state index is -0.589. The Balaban J connectivity index is 1.71. The number of aromatic nitrogens is 1. The van der Waals surface area contributed by atoms with Gasteiger partial charge in [-0.25, -0.2) is 4.98 Å². The Morgan fingerprint density at radius 3 is 2.75 bits per heavy atom. The summed E-state index contributed by atoms with van der Waals surface area (Å²) in [5, 5.41) is 13.0. The van der Waals surface area contributed by atoms with E-state index in [-0.39, 0.29) is 12.6 Å². The zero-order valence-electron chi connectivity index (χ0n) is 11.7. The van der Waals surface area contributed by atoms with Crippen molar-refractivity contribution < 1.29 is 14.3 Å². The van der Waals surface area contributed by atoms with E-state index < -0.39 is 6.10 Å². The summed E-state index contributed by atoms with van der Waals surface area (Å²) in [4.78, 5) is 4.15. The zero-order valence-corrected chi connectivity index (χ0v) is 11.7. The van der Waals surface area contributed by atoms with Crippen LogP contribution < -0.4 is 10.1 Å². The number of oxazole rings is 1. The lowest BCUT2D eigenvalue weighted by Gasteiger charge is -2.15. The normalized spacial score (nSPS) is 13.9. The van der Waals surface area contributed by atoms with Crippen LogP contribution in [0.2, 0.25) is 0 Å². The molecule has 2 aromatic rings. The molecule has 1 aromatic carbocycles. The second-order valence-electron chi connectivity index (χ2n) is 4.72. The van der Waals surface area contributed by atoms with Gasteiger partial charge in [-0.15, -0.1) is 0 Å². The highest BCUT2D eigenvalue weighted by Gasteiger charge is 2.13. The summed E-state index contributed by atoms with van der Waals surface area (Å²) >= 11 is 0. The predicted molar refractivity (Wildman–Crippen MR) is 75.6 cm³/mol. The standard InChI is InChI=1S/C15H20N2O3/c1-11-8-17-15(20-11)12(2)16-9-13(18)10-19-14-6-4-3-5-7-14/h3-8,12-13,16,18H,9-10H2,1-2H3. The third-order valence-corrected chi connectivity index (χ3v) is 2.85. The first-order valence-corrected chi connectivity index (χ1v) is 6.67. The molecule has 2 atom stereocenters. The SMILES string of the molecule is Cc1cnc(C(C)NCC(O)COc2ccccc2)o1. The molecule has 0 aliphatic carbocycles. The molecule has 0 amide bonds. The number of aryl methyl sites for hydroxylation is 1. The fourth-order valence-corrected chi connectivity index (χ4v) is 1.74. The molecule has 0 spiro atoms. The van der Waals surface area contributed by atoms with Gasteiger partial charge in [-0.2, -0.15) is 0 Å². The van der Waals surface area contributed by atoms with E-state index in [0.717, 1.165) is 11.5 Å². The molecule has 5 heteroatoms. The van der Waals surface area contributed by atoms with Crippen molar-refractivity contribution in [3.8, 4) is 5.75 Å². The Morgan fingerprint density at radius 2 is 2.10 bits per heavy atom. The summed E-state index contributed by atoms with van der Waals surface area (Å²) in [5.74, 6) is 2.16. The lowest BCUT2D eigenvalue weighted by atomic mass is 10.3. The number of aliphatic hydroxyl groups is 1. The van der Waals surface area contributed by atoms with E-state index in [0.29, 0.717) is 12.4 Å². The van der Waals surface area contributed by atoms with Crippen LogP contribution in [-0.4, -0.2) is 29.3 Å². The molecule has 0 fully saturated rings. The van der Waals surface area contributed by atoms with Crippen molar-refractivity contribution in [2.24, 2.45) is 0 Å². The van der Waals surface area contributed by atoms with Crippen LogP contribution in [0.1, 0.15) is 24.6 Å². The molecule has 2 unspecified atom stereocenters. The van der Waals surface area contributed by atoms with E-state index in [9.17, 15) is 5.11 Å². The van der Waals surface area contributed by atoms with Crippen molar-refractivity contribution in [1.29, 1.82) is 0 Å². The van der Waals surface area contributed by atoms with Crippen molar-refractivity contribution in [3.05, 3.63) is 48.2 Å². The molecule has 108 valence electrons. The molecule has 0 aliphatic heterocycles. The monoisotopic (exact) mass is 276 g/mol. The van der Waals surface area contributed by atoms with Crippen LogP contribution in [0.25, 0.3) is 0 Å². The van der Waals surface area contributed by atoms with Crippen LogP contribution in [0.3, 0.4) is 0 Å². The highest BCUT2D eigenvalue weighted by Crippen LogP contribution is 2.12. The van der Waals surface area contributed by atoms with Crippen molar-refractivity contribution in [2.75, 3.05) is 13.2 Å². The van der Waals surface area contributed by atoms with Gasteiger partial charge in [-0.3, -0.25) is 0 Å². The lowest BCUT2D eigenvalue weighted by Crippen LogP contribution is -2.33. The van der Waals surface area contributed by atoms with Gasteiger partial charge < -0.3 is 19.6 Å². The van der Waals surface area contributed by atoms with E-state index in [4.69, 9.17) is 9.15 Å². The quantitative estimate of drug-likeness (QED) is 0.810. The summed E-state index contributed by atoms with van der Waals surface area (Å²) in [6, 6.07) is 9.39. The van der Waals surface area contributed by atoms with Crippen LogP contribution in [0.5, 0.6) is 5.75 Å². The van der Waals surface area contributed by atoms with E-state index >= 15 is 0 Å². The Bertz CT molecular complexity index is 513. The van der Waals surface area contributed by atoms with Crippen molar-refractivity contribution in [1.82, 2.24) is 10.3 Å². The molecule has 0 bridgehead atoms. The van der Waals surface area contributed by atoms with Gasteiger partial charge in [0.05, 0.1) is 12.2 Å². The van der Waals surface area contributed by atoms with E-state index in [1.54, 1.807) is 6.20 Å². The fourth-order valence-electron chi connectivity index (χ4n) is 1.74. The second kappa shape index (κ2) is 7.07. The van der Waals surface area contributed by atoms with Crippen LogP contribution in [-0.2, 0) is 0 Å². The maximum Gasteiger partial charge on any atom is 0.211 e. The molecule has 2 rings (SSSR count). The Kier molecular flexibility index (Phi) is 5.15. The molecule has 0 radical (unpaired) electrons. The molecule has 1 heterocycles. The van der Waals surface area contributed by atoms with Gasteiger partial charge in [0.25, 0.3) is 0 Å². The number of hydrogen-bond acceptors (Lipinski definition) is 5. The lowest BCUT2D eigenvalue weighted by molar-refractivity contribution is 0.103. The largest absolute Gasteiger partial charge is 0.491 e. The molecular weight excluding hydrogens is 256 g/mol. The molecule has 5 nitrogen and oxygen atoms in total. The van der Waals surface area contributed by atoms with Crippen molar-refractivity contribution in [3.63, 3.8) is 0 Å². The molecule has 1 aromatic heterocycles. The summed E-state index contributed by atoms with van der Waals surface area (Å²) < 4.78 is 10.9. The number of aliphatic hydroxyl groups excluding tert-OH is 1. The number of para-hydroxylation sites is 1. The van der Waals surface area contributed by atoms with Gasteiger partial charge in [0.2, 0.25) is 5.89 Å². The molecule has 20 heavy (non-hydrogen) atoms. The Morgan fingerprint density at radius 1 is 1.35 bits per heavy atom. The number of ether oxygens (including phenoxy) is 1. The number of rotatable bonds is 7. The number of nitrogens with zero attached hydrogens (tertiary/aromatic N) is 1. The molecule has 2 N–H and O–H groups in total. The third kappa shape index (κ3) is 4.36. The van der Waals surface area contributed by atoms with Gasteiger partial charge in [0.1, 0.15) is 24.2 Å². The summed E-state index contributed by atoms with van der Waals surface area (Å²) in [7, 11) is 0. The highest BCUT2D eigenvalue weighted by atomic mass is 16.5. The van der Waals surface area contributed by atoms with Gasteiger partial charge in [0, 0.05) is 6.54 Å². The zero-order chi connectivity index (χ0) is 14.4. The van der Waals surface area contributed by atoms with E-state index in [1.165, 1.54) is 0 Å². The maximum atomic E-state index is 9.87.